The fraction of sp³-hybridized carbons (Fsp3) is 0.312. The van der Waals surface area contributed by atoms with Gasteiger partial charge in [0.2, 0.25) is 5.91 Å². The van der Waals surface area contributed by atoms with Crippen molar-refractivity contribution in [3.05, 3.63) is 34.5 Å². The van der Waals surface area contributed by atoms with Gasteiger partial charge in [-0.05, 0) is 32.4 Å². The average Bonchev–Trinajstić information content (AvgIpc) is 2.49. The highest BCUT2D eigenvalue weighted by Crippen LogP contribution is 2.31. The van der Waals surface area contributed by atoms with Crippen molar-refractivity contribution in [1.29, 1.82) is 0 Å². The lowest BCUT2D eigenvalue weighted by atomic mass is 10.2. The molecule has 0 aliphatic rings. The molecule has 3 N–H and O–H groups in total. The first-order chi connectivity index (χ1) is 11.3. The first-order valence-electron chi connectivity index (χ1n) is 7.23. The maximum atomic E-state index is 12.4. The molecule has 128 valence electrons. The van der Waals surface area contributed by atoms with Crippen molar-refractivity contribution >= 4 is 40.8 Å². The molecule has 0 fully saturated rings. The van der Waals surface area contributed by atoms with Crippen LogP contribution >= 0.6 is 23.4 Å². The van der Waals surface area contributed by atoms with Crippen LogP contribution in [0, 0.1) is 13.8 Å². The molecule has 0 aliphatic carbocycles. The monoisotopic (exact) mass is 366 g/mol. The van der Waals surface area contributed by atoms with Gasteiger partial charge in [-0.15, -0.1) is 0 Å². The molecule has 1 heterocycles. The summed E-state index contributed by atoms with van der Waals surface area (Å²) in [4.78, 5) is 20.8. The maximum absolute atomic E-state index is 12.4. The second-order valence-corrected chi connectivity index (χ2v) is 6.98. The molecule has 1 amide bonds. The molecule has 2 rings (SSSR count). The van der Waals surface area contributed by atoms with Crippen LogP contribution < -0.4 is 15.8 Å². The number of halogens is 1. The number of rotatable bonds is 5. The summed E-state index contributed by atoms with van der Waals surface area (Å²) in [5.74, 6) is 0.698. The molecular weight excluding hydrogens is 348 g/mol. The fourth-order valence-corrected chi connectivity index (χ4v) is 2.98. The first-order valence-corrected chi connectivity index (χ1v) is 8.48. The number of methoxy groups -OCH3 is 1. The van der Waals surface area contributed by atoms with Crippen LogP contribution in [0.3, 0.4) is 0 Å². The largest absolute Gasteiger partial charge is 0.495 e. The molecule has 1 aromatic heterocycles. The number of nitrogen functional groups attached to an aromatic ring is 1. The molecule has 1 aromatic carbocycles. The van der Waals surface area contributed by atoms with Crippen molar-refractivity contribution in [2.75, 3.05) is 18.2 Å². The molecule has 0 saturated carbocycles. The first kappa shape index (κ1) is 18.4. The molecular formula is C16H19ClN4O2S. The van der Waals surface area contributed by atoms with Crippen LogP contribution in [0.15, 0.2) is 23.4 Å². The van der Waals surface area contributed by atoms with Crippen LogP contribution in [0.4, 0.5) is 11.5 Å². The van der Waals surface area contributed by atoms with Gasteiger partial charge in [0, 0.05) is 22.8 Å². The Labute approximate surface area is 150 Å². The number of aromatic nitrogens is 2. The zero-order valence-electron chi connectivity index (χ0n) is 13.9. The Balaban J connectivity index is 2.13. The van der Waals surface area contributed by atoms with Gasteiger partial charge in [-0.3, -0.25) is 4.79 Å². The number of nitrogens with two attached hydrogens (primary N) is 1. The number of aryl methyl sites for hydroxylation is 2. The third kappa shape index (κ3) is 4.52. The molecule has 0 radical (unpaired) electrons. The molecule has 1 atom stereocenters. The normalized spacial score (nSPS) is 11.9. The Kier molecular flexibility index (Phi) is 5.90. The van der Waals surface area contributed by atoms with E-state index in [9.17, 15) is 4.79 Å². The van der Waals surface area contributed by atoms with Gasteiger partial charge in [-0.2, -0.15) is 0 Å². The topological polar surface area (TPSA) is 90.1 Å². The Hall–Kier alpha value is -1.99. The van der Waals surface area contributed by atoms with Crippen molar-refractivity contribution in [3.63, 3.8) is 0 Å². The van der Waals surface area contributed by atoms with Gasteiger partial charge in [0.05, 0.1) is 18.0 Å². The highest BCUT2D eigenvalue weighted by atomic mass is 35.5. The number of amides is 1. The minimum Gasteiger partial charge on any atom is -0.495 e. The Morgan fingerprint density at radius 3 is 2.67 bits per heavy atom. The van der Waals surface area contributed by atoms with E-state index in [0.717, 1.165) is 11.3 Å². The van der Waals surface area contributed by atoms with Gasteiger partial charge < -0.3 is 15.8 Å². The van der Waals surface area contributed by atoms with Gasteiger partial charge in [0.15, 0.2) is 5.16 Å². The summed E-state index contributed by atoms with van der Waals surface area (Å²) >= 11 is 7.31. The summed E-state index contributed by atoms with van der Waals surface area (Å²) < 4.78 is 5.26. The van der Waals surface area contributed by atoms with E-state index in [1.807, 2.05) is 13.8 Å². The summed E-state index contributed by atoms with van der Waals surface area (Å²) in [5.41, 5.74) is 7.89. The van der Waals surface area contributed by atoms with Crippen molar-refractivity contribution in [2.45, 2.75) is 31.2 Å². The number of hydrogen-bond donors (Lipinski definition) is 2. The van der Waals surface area contributed by atoms with E-state index in [-0.39, 0.29) is 5.91 Å². The van der Waals surface area contributed by atoms with E-state index in [0.29, 0.717) is 27.4 Å². The van der Waals surface area contributed by atoms with Crippen LogP contribution in [0.2, 0.25) is 5.02 Å². The smallest absolute Gasteiger partial charge is 0.237 e. The Morgan fingerprint density at radius 1 is 1.33 bits per heavy atom. The van der Waals surface area contributed by atoms with Crippen LogP contribution in [0.5, 0.6) is 5.75 Å². The molecule has 0 aliphatic heterocycles. The summed E-state index contributed by atoms with van der Waals surface area (Å²) in [6.45, 7) is 5.46. The summed E-state index contributed by atoms with van der Waals surface area (Å²) in [7, 11) is 1.53. The van der Waals surface area contributed by atoms with Crippen LogP contribution in [0.1, 0.15) is 18.2 Å². The van der Waals surface area contributed by atoms with Crippen molar-refractivity contribution in [3.8, 4) is 5.75 Å². The third-order valence-corrected chi connectivity index (χ3v) is 4.61. The lowest BCUT2D eigenvalue weighted by molar-refractivity contribution is -0.115. The maximum Gasteiger partial charge on any atom is 0.237 e. The lowest BCUT2D eigenvalue weighted by Crippen LogP contribution is -2.23. The van der Waals surface area contributed by atoms with Gasteiger partial charge in [0.25, 0.3) is 0 Å². The number of nitrogens with one attached hydrogen (secondary N) is 1. The predicted molar refractivity (Wildman–Crippen MR) is 97.9 cm³/mol. The molecule has 0 bridgehead atoms. The summed E-state index contributed by atoms with van der Waals surface area (Å²) in [5, 5.41) is 3.48. The highest BCUT2D eigenvalue weighted by molar-refractivity contribution is 8.00. The van der Waals surface area contributed by atoms with Gasteiger partial charge >= 0.3 is 0 Å². The van der Waals surface area contributed by atoms with E-state index >= 15 is 0 Å². The number of carbonyl (C=O) groups excluding carboxylic acids is 1. The average molecular weight is 367 g/mol. The van der Waals surface area contributed by atoms with E-state index in [1.54, 1.807) is 25.1 Å². The highest BCUT2D eigenvalue weighted by Gasteiger charge is 2.18. The number of carbonyl (C=O) groups is 1. The number of benzene rings is 1. The van der Waals surface area contributed by atoms with E-state index in [4.69, 9.17) is 22.1 Å². The zero-order valence-corrected chi connectivity index (χ0v) is 15.5. The standard InChI is InChI=1S/C16H19ClN4O2S/c1-8-5-12(13(23-4)7-11(8)17)20-15(22)10(3)24-16-19-9(2)6-14(18)21-16/h5-7,10H,1-4H3,(H,20,22)(H2,18,19,21). The lowest BCUT2D eigenvalue weighted by Gasteiger charge is -2.15. The van der Waals surface area contributed by atoms with E-state index in [1.165, 1.54) is 18.9 Å². The number of anilines is 2. The quantitative estimate of drug-likeness (QED) is 0.622. The van der Waals surface area contributed by atoms with Crippen molar-refractivity contribution in [2.24, 2.45) is 0 Å². The summed E-state index contributed by atoms with van der Waals surface area (Å²) in [6.07, 6.45) is 0. The van der Waals surface area contributed by atoms with Crippen LogP contribution in [0.25, 0.3) is 0 Å². The Bertz CT molecular complexity index is 750. The van der Waals surface area contributed by atoms with E-state index in [2.05, 4.69) is 15.3 Å². The van der Waals surface area contributed by atoms with Crippen LogP contribution in [-0.2, 0) is 4.79 Å². The number of ether oxygens (including phenoxy) is 1. The molecule has 1 unspecified atom stereocenters. The fourth-order valence-electron chi connectivity index (χ4n) is 1.99. The van der Waals surface area contributed by atoms with Crippen molar-refractivity contribution in [1.82, 2.24) is 9.97 Å². The zero-order chi connectivity index (χ0) is 17.9. The van der Waals surface area contributed by atoms with Crippen LogP contribution in [-0.4, -0.2) is 28.2 Å². The predicted octanol–water partition coefficient (Wildman–Crippen LogP) is 3.46. The number of thioether (sulfide) groups is 1. The Morgan fingerprint density at radius 2 is 2.04 bits per heavy atom. The van der Waals surface area contributed by atoms with E-state index < -0.39 is 5.25 Å². The second kappa shape index (κ2) is 7.72. The molecule has 0 spiro atoms. The molecule has 8 heteroatoms. The molecule has 0 saturated heterocycles. The second-order valence-electron chi connectivity index (χ2n) is 5.27. The minimum absolute atomic E-state index is 0.191. The van der Waals surface area contributed by atoms with Crippen molar-refractivity contribution < 1.29 is 9.53 Å². The SMILES string of the molecule is COc1cc(Cl)c(C)cc1NC(=O)C(C)Sc1nc(C)cc(N)n1. The summed E-state index contributed by atoms with van der Waals surface area (Å²) in [6, 6.07) is 5.13. The molecule has 2 aromatic rings. The number of nitrogens with zero attached hydrogens (tertiary/aromatic N) is 2. The number of hydrogen-bond acceptors (Lipinski definition) is 6. The van der Waals surface area contributed by atoms with Gasteiger partial charge in [-0.1, -0.05) is 23.4 Å². The van der Waals surface area contributed by atoms with Gasteiger partial charge in [-0.25, -0.2) is 9.97 Å². The van der Waals surface area contributed by atoms with Gasteiger partial charge in [0.1, 0.15) is 11.6 Å². The minimum atomic E-state index is -0.410. The molecule has 6 nitrogen and oxygen atoms in total. The molecule has 24 heavy (non-hydrogen) atoms. The third-order valence-electron chi connectivity index (χ3n) is 3.24.